The van der Waals surface area contributed by atoms with Crippen molar-refractivity contribution in [3.05, 3.63) is 11.9 Å². The molecule has 8 nitrogen and oxygen atoms in total. The number of hydrogen-bond acceptors (Lipinski definition) is 5. The second-order valence-corrected chi connectivity index (χ2v) is 5.07. The van der Waals surface area contributed by atoms with Crippen molar-refractivity contribution in [1.82, 2.24) is 25.6 Å². The number of H-pyrrole nitrogens is 1. The molecule has 8 heteroatoms. The van der Waals surface area contributed by atoms with Crippen LogP contribution in [0.25, 0.3) is 0 Å². The number of ether oxygens (including phenoxy) is 1. The summed E-state index contributed by atoms with van der Waals surface area (Å²) < 4.78 is 4.98. The lowest BCUT2D eigenvalue weighted by Gasteiger charge is -2.31. The highest BCUT2D eigenvalue weighted by Crippen LogP contribution is 2.17. The number of nitrogens with one attached hydrogen (secondary N) is 2. The van der Waals surface area contributed by atoms with Crippen molar-refractivity contribution < 1.29 is 14.3 Å². The lowest BCUT2D eigenvalue weighted by Crippen LogP contribution is -2.47. The standard InChI is InChI=1S/C13H21N5O3/c1-21-7-6-18-9-10(2-3-12(18)19)13(20)14-5-4-11-8-15-17-16-11/h8,10H,2-7,9H2,1H3,(H,14,20)(H,15,16,17). The van der Waals surface area contributed by atoms with Gasteiger partial charge in [0.15, 0.2) is 0 Å². The van der Waals surface area contributed by atoms with Crippen LogP contribution in [0.15, 0.2) is 6.20 Å². The highest BCUT2D eigenvalue weighted by molar-refractivity contribution is 5.83. The van der Waals surface area contributed by atoms with Gasteiger partial charge in [0.25, 0.3) is 0 Å². The van der Waals surface area contributed by atoms with E-state index in [0.29, 0.717) is 45.5 Å². The first kappa shape index (κ1) is 15.4. The third kappa shape index (κ3) is 4.52. The third-order valence-electron chi connectivity index (χ3n) is 3.58. The molecule has 0 bridgehead atoms. The minimum Gasteiger partial charge on any atom is -0.383 e. The number of carbonyl (C=O) groups is 2. The normalized spacial score (nSPS) is 18.8. The number of likely N-dealkylation sites (tertiary alicyclic amines) is 1. The van der Waals surface area contributed by atoms with Crippen molar-refractivity contribution in [3.63, 3.8) is 0 Å². The van der Waals surface area contributed by atoms with Crippen LogP contribution in [0.3, 0.4) is 0 Å². The summed E-state index contributed by atoms with van der Waals surface area (Å²) in [5.74, 6) is -0.0519. The van der Waals surface area contributed by atoms with Crippen LogP contribution in [0.2, 0.25) is 0 Å². The zero-order chi connectivity index (χ0) is 15.1. The monoisotopic (exact) mass is 295 g/mol. The largest absolute Gasteiger partial charge is 0.383 e. The molecule has 1 aliphatic heterocycles. The molecule has 21 heavy (non-hydrogen) atoms. The van der Waals surface area contributed by atoms with Crippen molar-refractivity contribution in [2.45, 2.75) is 19.3 Å². The number of methoxy groups -OCH3 is 1. The first-order chi connectivity index (χ1) is 10.2. The van der Waals surface area contributed by atoms with Gasteiger partial charge in [0.1, 0.15) is 0 Å². The van der Waals surface area contributed by atoms with Crippen LogP contribution < -0.4 is 5.32 Å². The summed E-state index contributed by atoms with van der Waals surface area (Å²) >= 11 is 0. The fraction of sp³-hybridized carbons (Fsp3) is 0.692. The molecule has 1 fully saturated rings. The lowest BCUT2D eigenvalue weighted by atomic mass is 9.96. The summed E-state index contributed by atoms with van der Waals surface area (Å²) in [7, 11) is 1.60. The second-order valence-electron chi connectivity index (χ2n) is 5.07. The van der Waals surface area contributed by atoms with Gasteiger partial charge in [-0.1, -0.05) is 0 Å². The molecule has 1 aliphatic rings. The fourth-order valence-electron chi connectivity index (χ4n) is 2.35. The van der Waals surface area contributed by atoms with E-state index in [-0.39, 0.29) is 17.7 Å². The summed E-state index contributed by atoms with van der Waals surface area (Å²) in [6, 6.07) is 0. The molecule has 1 saturated heterocycles. The molecule has 0 aliphatic carbocycles. The van der Waals surface area contributed by atoms with E-state index >= 15 is 0 Å². The Morgan fingerprint density at radius 2 is 2.48 bits per heavy atom. The Hall–Kier alpha value is -1.96. The van der Waals surface area contributed by atoms with Gasteiger partial charge in [-0.15, -0.1) is 0 Å². The Balaban J connectivity index is 1.75. The van der Waals surface area contributed by atoms with Crippen molar-refractivity contribution in [2.24, 2.45) is 5.92 Å². The Bertz CT molecular complexity index is 462. The van der Waals surface area contributed by atoms with Crippen molar-refractivity contribution in [1.29, 1.82) is 0 Å². The number of aromatic nitrogens is 3. The molecule has 2 amide bonds. The SMILES string of the molecule is COCCN1CC(C(=O)NCCc2cn[nH]n2)CCC1=O. The molecular weight excluding hydrogens is 274 g/mol. The second kappa shape index (κ2) is 7.72. The van der Waals surface area contributed by atoms with Crippen LogP contribution in [0, 0.1) is 5.92 Å². The molecular formula is C13H21N5O3. The fourth-order valence-corrected chi connectivity index (χ4v) is 2.35. The predicted molar refractivity (Wildman–Crippen MR) is 74.3 cm³/mol. The minimum absolute atomic E-state index is 0.00610. The van der Waals surface area contributed by atoms with Gasteiger partial charge in [-0.2, -0.15) is 15.4 Å². The van der Waals surface area contributed by atoms with E-state index in [1.807, 2.05) is 0 Å². The van der Waals surface area contributed by atoms with Crippen molar-refractivity contribution >= 4 is 11.8 Å². The molecule has 1 aromatic rings. The molecule has 1 unspecified atom stereocenters. The summed E-state index contributed by atoms with van der Waals surface area (Å²) in [6.07, 6.45) is 3.31. The molecule has 2 rings (SSSR count). The molecule has 1 aromatic heterocycles. The summed E-state index contributed by atoms with van der Waals surface area (Å²) in [6.45, 7) is 2.02. The van der Waals surface area contributed by atoms with Crippen LogP contribution in [0.1, 0.15) is 18.5 Å². The molecule has 0 saturated carbocycles. The topological polar surface area (TPSA) is 100 Å². The average Bonchev–Trinajstić information content (AvgIpc) is 2.99. The predicted octanol–water partition coefficient (Wildman–Crippen LogP) is -0.652. The van der Waals surface area contributed by atoms with E-state index in [1.54, 1.807) is 18.2 Å². The van der Waals surface area contributed by atoms with E-state index in [4.69, 9.17) is 4.74 Å². The van der Waals surface area contributed by atoms with Gasteiger partial charge in [-0.25, -0.2) is 0 Å². The Morgan fingerprint density at radius 3 is 3.19 bits per heavy atom. The maximum atomic E-state index is 12.1. The first-order valence-electron chi connectivity index (χ1n) is 7.09. The highest BCUT2D eigenvalue weighted by Gasteiger charge is 2.29. The Kier molecular flexibility index (Phi) is 5.68. The van der Waals surface area contributed by atoms with Crippen LogP contribution in [0.5, 0.6) is 0 Å². The number of carbonyl (C=O) groups excluding carboxylic acids is 2. The molecule has 0 aromatic carbocycles. The average molecular weight is 295 g/mol. The van der Waals surface area contributed by atoms with Crippen molar-refractivity contribution in [3.8, 4) is 0 Å². The summed E-state index contributed by atoms with van der Waals surface area (Å²) in [4.78, 5) is 25.6. The van der Waals surface area contributed by atoms with Crippen LogP contribution >= 0.6 is 0 Å². The van der Waals surface area contributed by atoms with E-state index in [2.05, 4.69) is 20.7 Å². The number of aromatic amines is 1. The van der Waals surface area contributed by atoms with Gasteiger partial charge in [-0.05, 0) is 6.42 Å². The van der Waals surface area contributed by atoms with Gasteiger partial charge >= 0.3 is 0 Å². The quantitative estimate of drug-likeness (QED) is 0.696. The van der Waals surface area contributed by atoms with E-state index in [1.165, 1.54) is 0 Å². The lowest BCUT2D eigenvalue weighted by molar-refractivity contribution is -0.138. The van der Waals surface area contributed by atoms with Crippen molar-refractivity contribution in [2.75, 3.05) is 33.4 Å². The summed E-state index contributed by atoms with van der Waals surface area (Å²) in [5.41, 5.74) is 0.816. The van der Waals surface area contributed by atoms with Crippen LogP contribution in [-0.4, -0.2) is 65.5 Å². The van der Waals surface area contributed by atoms with E-state index in [0.717, 1.165) is 5.69 Å². The third-order valence-corrected chi connectivity index (χ3v) is 3.58. The maximum absolute atomic E-state index is 12.1. The minimum atomic E-state index is -0.142. The number of piperidine rings is 1. The van der Waals surface area contributed by atoms with Crippen LogP contribution in [0.4, 0.5) is 0 Å². The summed E-state index contributed by atoms with van der Waals surface area (Å²) in [5, 5.41) is 13.1. The highest BCUT2D eigenvalue weighted by atomic mass is 16.5. The number of nitrogens with zero attached hydrogens (tertiary/aromatic N) is 3. The van der Waals surface area contributed by atoms with Gasteiger partial charge in [0.05, 0.1) is 24.4 Å². The first-order valence-corrected chi connectivity index (χ1v) is 7.09. The molecule has 0 spiro atoms. The zero-order valence-corrected chi connectivity index (χ0v) is 12.2. The van der Waals surface area contributed by atoms with Crippen LogP contribution in [-0.2, 0) is 20.7 Å². The molecule has 2 N–H and O–H groups in total. The zero-order valence-electron chi connectivity index (χ0n) is 12.2. The van der Waals surface area contributed by atoms with Gasteiger partial charge < -0.3 is 15.0 Å². The Labute approximate surface area is 123 Å². The van der Waals surface area contributed by atoms with Gasteiger partial charge in [-0.3, -0.25) is 9.59 Å². The van der Waals surface area contributed by atoms with E-state index in [9.17, 15) is 9.59 Å². The van der Waals surface area contributed by atoms with Gasteiger partial charge in [0.2, 0.25) is 11.8 Å². The number of rotatable bonds is 7. The van der Waals surface area contributed by atoms with Gasteiger partial charge in [0, 0.05) is 39.6 Å². The molecule has 0 radical (unpaired) electrons. The molecule has 1 atom stereocenters. The Morgan fingerprint density at radius 1 is 1.62 bits per heavy atom. The molecule has 2 heterocycles. The smallest absolute Gasteiger partial charge is 0.224 e. The number of amides is 2. The van der Waals surface area contributed by atoms with E-state index < -0.39 is 0 Å². The number of hydrogen-bond donors (Lipinski definition) is 2. The molecule has 116 valence electrons. The maximum Gasteiger partial charge on any atom is 0.224 e.